The molecule has 22 heavy (non-hydrogen) atoms. The second-order valence-electron chi connectivity index (χ2n) is 4.70. The van der Waals surface area contributed by atoms with E-state index < -0.39 is 0 Å². The van der Waals surface area contributed by atoms with Crippen molar-refractivity contribution >= 4 is 40.5 Å². The number of ether oxygens (including phenoxy) is 1. The molecule has 0 heterocycles. The van der Waals surface area contributed by atoms with Crippen LogP contribution in [0.5, 0.6) is 5.75 Å². The van der Waals surface area contributed by atoms with Crippen LogP contribution < -0.4 is 20.7 Å². The molecule has 0 fully saturated rings. The fraction of sp³-hybridized carbons (Fsp3) is 0.400. The second-order valence-corrected chi connectivity index (χ2v) is 5.11. The topological polar surface area (TPSA) is 79.5 Å². The van der Waals surface area contributed by atoms with Gasteiger partial charge in [0.1, 0.15) is 5.75 Å². The number of thiocarbonyl (C=S) groups is 1. The smallest absolute Gasteiger partial charge is 0.224 e. The van der Waals surface area contributed by atoms with Gasteiger partial charge in [0, 0.05) is 25.1 Å². The minimum atomic E-state index is -0.246. The number of nitrogens with one attached hydrogen (secondary N) is 3. The van der Waals surface area contributed by atoms with Crippen LogP contribution in [-0.2, 0) is 9.59 Å². The SMILES string of the molecule is CCCCC(=O)Nc1ccc(NC(=S)NC(C)=O)cc1OC. The zero-order chi connectivity index (χ0) is 16.5. The van der Waals surface area contributed by atoms with E-state index in [1.54, 1.807) is 18.2 Å². The van der Waals surface area contributed by atoms with Gasteiger partial charge in [-0.05, 0) is 30.8 Å². The summed E-state index contributed by atoms with van der Waals surface area (Å²) in [5.41, 5.74) is 1.25. The average molecular weight is 323 g/mol. The molecular formula is C15H21N3O3S. The highest BCUT2D eigenvalue weighted by Gasteiger charge is 2.09. The van der Waals surface area contributed by atoms with E-state index in [1.807, 2.05) is 6.92 Å². The highest BCUT2D eigenvalue weighted by atomic mass is 32.1. The van der Waals surface area contributed by atoms with Crippen LogP contribution in [-0.4, -0.2) is 24.0 Å². The van der Waals surface area contributed by atoms with Crippen LogP contribution in [0.1, 0.15) is 33.1 Å². The molecule has 1 aromatic carbocycles. The molecule has 0 radical (unpaired) electrons. The van der Waals surface area contributed by atoms with Crippen molar-refractivity contribution in [3.05, 3.63) is 18.2 Å². The fourth-order valence-electron chi connectivity index (χ4n) is 1.74. The van der Waals surface area contributed by atoms with E-state index in [4.69, 9.17) is 17.0 Å². The molecule has 2 amide bonds. The van der Waals surface area contributed by atoms with Gasteiger partial charge >= 0.3 is 0 Å². The molecule has 0 saturated carbocycles. The number of amides is 2. The molecular weight excluding hydrogens is 302 g/mol. The number of carbonyl (C=O) groups is 2. The van der Waals surface area contributed by atoms with E-state index in [0.717, 1.165) is 12.8 Å². The Balaban J connectivity index is 2.76. The summed E-state index contributed by atoms with van der Waals surface area (Å²) in [5.74, 6) is 0.222. The van der Waals surface area contributed by atoms with Crippen molar-refractivity contribution in [3.8, 4) is 5.75 Å². The summed E-state index contributed by atoms with van der Waals surface area (Å²) in [6.07, 6.45) is 2.29. The van der Waals surface area contributed by atoms with Gasteiger partial charge in [-0.3, -0.25) is 9.59 Å². The summed E-state index contributed by atoms with van der Waals surface area (Å²) in [7, 11) is 1.52. The lowest BCUT2D eigenvalue weighted by molar-refractivity contribution is -0.118. The Kier molecular flexibility index (Phi) is 7.31. The van der Waals surface area contributed by atoms with Gasteiger partial charge in [0.2, 0.25) is 11.8 Å². The molecule has 0 atom stereocenters. The predicted molar refractivity (Wildman–Crippen MR) is 91.2 cm³/mol. The molecule has 7 heteroatoms. The van der Waals surface area contributed by atoms with E-state index >= 15 is 0 Å². The van der Waals surface area contributed by atoms with Gasteiger partial charge in [-0.2, -0.15) is 0 Å². The summed E-state index contributed by atoms with van der Waals surface area (Å²) in [5, 5.41) is 8.36. The molecule has 6 nitrogen and oxygen atoms in total. The van der Waals surface area contributed by atoms with Crippen LogP contribution in [0.4, 0.5) is 11.4 Å². The van der Waals surface area contributed by atoms with E-state index in [0.29, 0.717) is 23.5 Å². The molecule has 120 valence electrons. The van der Waals surface area contributed by atoms with E-state index in [-0.39, 0.29) is 16.9 Å². The first-order valence-corrected chi connectivity index (χ1v) is 7.43. The lowest BCUT2D eigenvalue weighted by Crippen LogP contribution is -2.32. The number of hydrogen-bond acceptors (Lipinski definition) is 4. The van der Waals surface area contributed by atoms with E-state index in [9.17, 15) is 9.59 Å². The van der Waals surface area contributed by atoms with Crippen molar-refractivity contribution in [2.24, 2.45) is 0 Å². The lowest BCUT2D eigenvalue weighted by Gasteiger charge is -2.13. The van der Waals surface area contributed by atoms with Crippen LogP contribution in [0.2, 0.25) is 0 Å². The first-order chi connectivity index (χ1) is 10.5. The normalized spacial score (nSPS) is 9.77. The molecule has 1 aromatic rings. The number of hydrogen-bond donors (Lipinski definition) is 3. The van der Waals surface area contributed by atoms with Crippen molar-refractivity contribution < 1.29 is 14.3 Å². The quantitative estimate of drug-likeness (QED) is 0.701. The Labute approximate surface area is 135 Å². The molecule has 0 spiro atoms. The van der Waals surface area contributed by atoms with Crippen molar-refractivity contribution in [3.63, 3.8) is 0 Å². The monoisotopic (exact) mass is 323 g/mol. The Morgan fingerprint density at radius 3 is 2.59 bits per heavy atom. The summed E-state index contributed by atoms with van der Waals surface area (Å²) >= 11 is 4.99. The minimum Gasteiger partial charge on any atom is -0.494 e. The molecule has 0 saturated heterocycles. The van der Waals surface area contributed by atoms with Gasteiger partial charge in [-0.1, -0.05) is 13.3 Å². The first kappa shape index (κ1) is 17.9. The summed E-state index contributed by atoms with van der Waals surface area (Å²) in [4.78, 5) is 22.7. The van der Waals surface area contributed by atoms with E-state index in [2.05, 4.69) is 16.0 Å². The van der Waals surface area contributed by atoms with E-state index in [1.165, 1.54) is 14.0 Å². The van der Waals surface area contributed by atoms with Crippen molar-refractivity contribution in [2.45, 2.75) is 33.1 Å². The van der Waals surface area contributed by atoms with Crippen LogP contribution in [0.15, 0.2) is 18.2 Å². The third-order valence-corrected chi connectivity index (χ3v) is 2.98. The number of anilines is 2. The molecule has 0 aliphatic carbocycles. The number of benzene rings is 1. The Morgan fingerprint density at radius 1 is 1.27 bits per heavy atom. The molecule has 0 aliphatic rings. The number of rotatable bonds is 6. The van der Waals surface area contributed by atoms with Gasteiger partial charge < -0.3 is 20.7 Å². The Hall–Kier alpha value is -2.15. The summed E-state index contributed by atoms with van der Waals surface area (Å²) in [6, 6.07) is 5.16. The van der Waals surface area contributed by atoms with Gasteiger partial charge in [0.25, 0.3) is 0 Å². The van der Waals surface area contributed by atoms with Gasteiger partial charge in [-0.15, -0.1) is 0 Å². The summed E-state index contributed by atoms with van der Waals surface area (Å²) in [6.45, 7) is 3.41. The van der Waals surface area contributed by atoms with Gasteiger partial charge in [0.05, 0.1) is 12.8 Å². The maximum Gasteiger partial charge on any atom is 0.224 e. The zero-order valence-corrected chi connectivity index (χ0v) is 13.8. The largest absolute Gasteiger partial charge is 0.494 e. The highest BCUT2D eigenvalue weighted by molar-refractivity contribution is 7.80. The molecule has 1 rings (SSSR count). The van der Waals surface area contributed by atoms with Crippen molar-refractivity contribution in [1.29, 1.82) is 0 Å². The van der Waals surface area contributed by atoms with Gasteiger partial charge in [-0.25, -0.2) is 0 Å². The molecule has 3 N–H and O–H groups in total. The maximum atomic E-state index is 11.8. The van der Waals surface area contributed by atoms with Crippen LogP contribution in [0, 0.1) is 0 Å². The highest BCUT2D eigenvalue weighted by Crippen LogP contribution is 2.28. The van der Waals surface area contributed by atoms with Crippen molar-refractivity contribution in [2.75, 3.05) is 17.7 Å². The Bertz CT molecular complexity index is 561. The third kappa shape index (κ3) is 6.09. The van der Waals surface area contributed by atoms with Gasteiger partial charge in [0.15, 0.2) is 5.11 Å². The maximum absolute atomic E-state index is 11.8. The lowest BCUT2D eigenvalue weighted by atomic mass is 10.2. The molecule has 0 aliphatic heterocycles. The second kappa shape index (κ2) is 8.99. The summed E-state index contributed by atoms with van der Waals surface area (Å²) < 4.78 is 5.27. The fourth-order valence-corrected chi connectivity index (χ4v) is 2.01. The average Bonchev–Trinajstić information content (AvgIpc) is 2.45. The number of carbonyl (C=O) groups excluding carboxylic acids is 2. The number of methoxy groups -OCH3 is 1. The molecule has 0 unspecified atom stereocenters. The molecule has 0 bridgehead atoms. The molecule has 0 aromatic heterocycles. The standard InChI is InChI=1S/C15H21N3O3S/c1-4-5-6-14(20)18-12-8-7-11(9-13(12)21-3)17-15(22)16-10(2)19/h7-9H,4-6H2,1-3H3,(H,18,20)(H2,16,17,19,22). The van der Waals surface area contributed by atoms with Crippen molar-refractivity contribution in [1.82, 2.24) is 5.32 Å². The number of unbranched alkanes of at least 4 members (excludes halogenated alkanes) is 1. The van der Waals surface area contributed by atoms with Crippen LogP contribution in [0.3, 0.4) is 0 Å². The third-order valence-electron chi connectivity index (χ3n) is 2.78. The minimum absolute atomic E-state index is 0.0466. The van der Waals surface area contributed by atoms with Crippen LogP contribution >= 0.6 is 12.2 Å². The Morgan fingerprint density at radius 2 is 2.00 bits per heavy atom. The predicted octanol–water partition coefficient (Wildman–Crippen LogP) is 2.66. The first-order valence-electron chi connectivity index (χ1n) is 7.02. The van der Waals surface area contributed by atoms with Crippen LogP contribution in [0.25, 0.3) is 0 Å². The zero-order valence-electron chi connectivity index (χ0n) is 13.0.